The van der Waals surface area contributed by atoms with Gasteiger partial charge in [0, 0.05) is 37.3 Å². The minimum Gasteiger partial charge on any atom is -0.390 e. The third-order valence-electron chi connectivity index (χ3n) is 17.5. The molecule has 0 aromatic heterocycles. The van der Waals surface area contributed by atoms with Crippen LogP contribution < -0.4 is 0 Å². The fourth-order valence-electron chi connectivity index (χ4n) is 15.0. The Morgan fingerprint density at radius 2 is 1.73 bits per heavy atom. The van der Waals surface area contributed by atoms with E-state index in [0.717, 1.165) is 38.5 Å². The molecule has 296 valence electrons. The van der Waals surface area contributed by atoms with Gasteiger partial charge in [-0.2, -0.15) is 0 Å². The predicted octanol–water partition coefficient (Wildman–Crippen LogP) is 6.63. The number of fused-ring (bicyclic) bond motifs is 4. The first-order chi connectivity index (χ1) is 24.2. The monoisotopic (exact) mass is 735 g/mol. The minimum atomic E-state index is -2.69. The zero-order valence-corrected chi connectivity index (χ0v) is 33.1. The number of halogens is 2. The molecule has 2 spiro atoms. The molecular weight excluding hydrogens is 668 g/mol. The smallest absolute Gasteiger partial charge is 0.249 e. The summed E-state index contributed by atoms with van der Waals surface area (Å²) in [5.74, 6) is -1.75. The maximum atomic E-state index is 13.4. The van der Waals surface area contributed by atoms with Crippen LogP contribution in [0, 0.1) is 56.7 Å². The quantitative estimate of drug-likeness (QED) is 0.273. The summed E-state index contributed by atoms with van der Waals surface area (Å²) in [5, 5.41) is 23.7. The topological polar surface area (TPSA) is 97.7 Å². The fourth-order valence-corrected chi connectivity index (χ4v) is 15.0. The summed E-state index contributed by atoms with van der Waals surface area (Å²) in [6, 6.07) is 0. The lowest BCUT2D eigenvalue weighted by molar-refractivity contribution is -0.248. The summed E-state index contributed by atoms with van der Waals surface area (Å²) in [4.78, 5) is 14.8. The number of aliphatic hydroxyl groups is 2. The number of rotatable bonds is 9. The van der Waals surface area contributed by atoms with Crippen LogP contribution in [0.15, 0.2) is 0 Å². The third kappa shape index (κ3) is 5.36. The average molecular weight is 736 g/mol. The molecule has 4 unspecified atom stereocenters. The van der Waals surface area contributed by atoms with E-state index in [0.29, 0.717) is 44.1 Å². The standard InChI is InChI=1S/C42H67F2NO7/c1-9-49-35(37(5,6)48)27-18-24(2)32-33(51-27)34(47)39(8)29-11-10-28-36(3,4)30(12-13-40(28)23-41(29,40)15-14-38(32,39)7)52-31-22-45(16-17-50-31)21-26(46)25-19-42(43,44)20-25/h24-25,27-35,47-48H,9-23H2,1-8H3/t24-,27?,28+,29?,30+,31+,32+,33?,34+,35+,38-,39-,40-,41?/m1/s1. The third-order valence-corrected chi connectivity index (χ3v) is 17.5. The molecule has 8 nitrogen and oxygen atoms in total. The molecule has 2 heterocycles. The second-order valence-electron chi connectivity index (χ2n) is 20.7. The van der Waals surface area contributed by atoms with E-state index >= 15 is 0 Å². The molecule has 0 aromatic rings. The van der Waals surface area contributed by atoms with Crippen LogP contribution in [0.1, 0.15) is 120 Å². The molecular formula is C42H67F2NO7. The number of alkyl halides is 2. The lowest BCUT2D eigenvalue weighted by Gasteiger charge is -2.64. The SMILES string of the molecule is CCO[C@@H](C1C[C@@H](C)[C@H]2C(O1)[C@H](O)[C@@]1(C)C3CC[C@H]4C(C)(C)[C@@H](O[C@H]5CN(CC(=O)C6CC(F)(F)C6)CCO5)CC[C@@]45CC35CC[C@]21C)C(C)(C)O. The first-order valence-corrected chi connectivity index (χ1v) is 20.8. The highest BCUT2D eigenvalue weighted by atomic mass is 19.3. The Labute approximate surface area is 310 Å². The lowest BCUT2D eigenvalue weighted by atomic mass is 9.41. The van der Waals surface area contributed by atoms with Crippen molar-refractivity contribution in [2.24, 2.45) is 56.7 Å². The largest absolute Gasteiger partial charge is 0.390 e. The molecule has 0 bridgehead atoms. The number of morpholine rings is 1. The van der Waals surface area contributed by atoms with Crippen LogP contribution in [0.5, 0.6) is 0 Å². The summed E-state index contributed by atoms with van der Waals surface area (Å²) in [7, 11) is 0. The Bertz CT molecular complexity index is 1400. The highest BCUT2D eigenvalue weighted by Gasteiger charge is 2.84. The fraction of sp³-hybridized carbons (Fsp3) is 0.976. The van der Waals surface area contributed by atoms with Crippen molar-refractivity contribution in [3.63, 3.8) is 0 Å². The number of Topliss-reactive ketones (excluding diaryl/α,β-unsaturated/α-hetero) is 1. The zero-order valence-electron chi connectivity index (χ0n) is 33.1. The summed E-state index contributed by atoms with van der Waals surface area (Å²) < 4.78 is 52.8. The van der Waals surface area contributed by atoms with Crippen LogP contribution >= 0.6 is 0 Å². The number of nitrogens with zero attached hydrogens (tertiary/aromatic N) is 1. The molecule has 2 N–H and O–H groups in total. The van der Waals surface area contributed by atoms with Crippen molar-refractivity contribution < 1.29 is 42.7 Å². The van der Waals surface area contributed by atoms with Crippen molar-refractivity contribution in [1.29, 1.82) is 0 Å². The summed E-state index contributed by atoms with van der Waals surface area (Å²) in [6.07, 6.45) is 6.11. The van der Waals surface area contributed by atoms with Crippen molar-refractivity contribution in [3.8, 4) is 0 Å². The molecule has 0 radical (unpaired) electrons. The summed E-state index contributed by atoms with van der Waals surface area (Å²) in [5.41, 5.74) is -0.936. The van der Waals surface area contributed by atoms with Crippen molar-refractivity contribution in [3.05, 3.63) is 0 Å². The maximum Gasteiger partial charge on any atom is 0.249 e. The molecule has 10 heteroatoms. The molecule has 6 aliphatic carbocycles. The molecule has 14 atom stereocenters. The van der Waals surface area contributed by atoms with Gasteiger partial charge in [0.05, 0.1) is 49.7 Å². The average Bonchev–Trinajstić information content (AvgIpc) is 3.68. The van der Waals surface area contributed by atoms with E-state index in [9.17, 15) is 23.8 Å². The maximum absolute atomic E-state index is 13.4. The van der Waals surface area contributed by atoms with Gasteiger partial charge in [-0.1, -0.05) is 34.6 Å². The van der Waals surface area contributed by atoms with E-state index in [1.807, 2.05) is 11.8 Å². The molecule has 6 saturated carbocycles. The summed E-state index contributed by atoms with van der Waals surface area (Å²) in [6.45, 7) is 19.9. The van der Waals surface area contributed by atoms with Gasteiger partial charge in [0.15, 0.2) is 6.29 Å². The molecule has 8 fully saturated rings. The number of carbonyl (C=O) groups excluding carboxylic acids is 1. The normalized spacial score (nSPS) is 50.1. The number of ketones is 1. The lowest BCUT2D eigenvalue weighted by Crippen LogP contribution is -2.60. The molecule has 0 amide bonds. The Kier molecular flexibility index (Phi) is 9.08. The molecule has 0 aromatic carbocycles. The first-order valence-electron chi connectivity index (χ1n) is 20.8. The van der Waals surface area contributed by atoms with Gasteiger partial charge in [0.2, 0.25) is 5.92 Å². The Balaban J connectivity index is 0.970. The van der Waals surface area contributed by atoms with Crippen LogP contribution in [-0.4, -0.2) is 102 Å². The van der Waals surface area contributed by atoms with Crippen molar-refractivity contribution in [1.82, 2.24) is 4.90 Å². The van der Waals surface area contributed by atoms with Crippen molar-refractivity contribution in [2.45, 2.75) is 168 Å². The number of ether oxygens (including phenoxy) is 4. The molecule has 8 rings (SSSR count). The van der Waals surface area contributed by atoms with Gasteiger partial charge < -0.3 is 29.2 Å². The number of hydrogen-bond acceptors (Lipinski definition) is 8. The highest BCUT2D eigenvalue weighted by molar-refractivity contribution is 5.84. The van der Waals surface area contributed by atoms with Gasteiger partial charge in [0.25, 0.3) is 0 Å². The Morgan fingerprint density at radius 1 is 1.04 bits per heavy atom. The van der Waals surface area contributed by atoms with Gasteiger partial charge >= 0.3 is 0 Å². The van der Waals surface area contributed by atoms with Gasteiger partial charge in [0.1, 0.15) is 11.9 Å². The predicted molar refractivity (Wildman–Crippen MR) is 192 cm³/mol. The molecule has 52 heavy (non-hydrogen) atoms. The number of hydrogen-bond donors (Lipinski definition) is 2. The van der Waals surface area contributed by atoms with Crippen LogP contribution in [0.4, 0.5) is 8.78 Å². The minimum absolute atomic E-state index is 0.0351. The van der Waals surface area contributed by atoms with Gasteiger partial charge in [-0.25, -0.2) is 8.78 Å². The molecule has 2 aliphatic heterocycles. The van der Waals surface area contributed by atoms with E-state index in [4.69, 9.17) is 18.9 Å². The Morgan fingerprint density at radius 3 is 2.40 bits per heavy atom. The van der Waals surface area contributed by atoms with Crippen molar-refractivity contribution >= 4 is 5.78 Å². The molecule has 2 saturated heterocycles. The number of carbonyl (C=O) groups is 1. The first kappa shape index (κ1) is 38.1. The van der Waals surface area contributed by atoms with Crippen LogP contribution in [-0.2, 0) is 23.7 Å². The van der Waals surface area contributed by atoms with E-state index in [1.165, 1.54) is 12.8 Å². The van der Waals surface area contributed by atoms with Crippen LogP contribution in [0.2, 0.25) is 0 Å². The second-order valence-corrected chi connectivity index (χ2v) is 20.7. The summed E-state index contributed by atoms with van der Waals surface area (Å²) >= 11 is 0. The van der Waals surface area contributed by atoms with E-state index < -0.39 is 35.9 Å². The molecule has 8 aliphatic rings. The Hall–Kier alpha value is -0.750. The van der Waals surface area contributed by atoms with E-state index in [-0.39, 0.29) is 76.5 Å². The van der Waals surface area contributed by atoms with Gasteiger partial charge in [-0.05, 0) is 117 Å². The second kappa shape index (κ2) is 12.4. The van der Waals surface area contributed by atoms with Crippen molar-refractivity contribution in [2.75, 3.05) is 32.8 Å². The van der Waals surface area contributed by atoms with Gasteiger partial charge in [-0.15, -0.1) is 0 Å². The van der Waals surface area contributed by atoms with E-state index in [1.54, 1.807) is 13.8 Å². The van der Waals surface area contributed by atoms with Gasteiger partial charge in [-0.3, -0.25) is 9.69 Å². The zero-order chi connectivity index (χ0) is 37.4. The highest BCUT2D eigenvalue weighted by Crippen LogP contribution is 2.89. The van der Waals surface area contributed by atoms with E-state index in [2.05, 4.69) is 34.6 Å². The van der Waals surface area contributed by atoms with Crippen LogP contribution in [0.25, 0.3) is 0 Å². The number of aliphatic hydroxyl groups excluding tert-OH is 1. The van der Waals surface area contributed by atoms with Crippen LogP contribution in [0.3, 0.4) is 0 Å².